The van der Waals surface area contributed by atoms with Crippen molar-refractivity contribution in [1.29, 1.82) is 0 Å². The number of sulfonamides is 2. The van der Waals surface area contributed by atoms with Crippen molar-refractivity contribution in [2.75, 3.05) is 17.1 Å². The zero-order valence-electron chi connectivity index (χ0n) is 11.5. The maximum Gasteiger partial charge on any atom is 0.238 e. The Morgan fingerprint density at radius 1 is 1.29 bits per heavy atom. The maximum atomic E-state index is 11.9. The van der Waals surface area contributed by atoms with Crippen LogP contribution in [0.1, 0.15) is 13.8 Å². The van der Waals surface area contributed by atoms with E-state index in [1.54, 1.807) is 13.8 Å². The molecule has 0 saturated carbocycles. The second-order valence-electron chi connectivity index (χ2n) is 4.53. The van der Waals surface area contributed by atoms with Crippen LogP contribution in [0.2, 0.25) is 5.02 Å². The highest BCUT2D eigenvalue weighted by atomic mass is 35.5. The molecule has 0 radical (unpaired) electrons. The first kappa shape index (κ1) is 18.2. The third-order valence-corrected chi connectivity index (χ3v) is 4.81. The first-order valence-corrected chi connectivity index (χ1v) is 9.53. The Kier molecular flexibility index (Phi) is 6.00. The van der Waals surface area contributed by atoms with E-state index in [2.05, 4.69) is 4.72 Å². The van der Waals surface area contributed by atoms with E-state index < -0.39 is 20.0 Å². The van der Waals surface area contributed by atoms with Gasteiger partial charge in [-0.1, -0.05) is 11.6 Å². The molecule has 0 saturated heterocycles. The van der Waals surface area contributed by atoms with Gasteiger partial charge >= 0.3 is 0 Å². The molecule has 0 aliphatic rings. The van der Waals surface area contributed by atoms with E-state index >= 15 is 0 Å². The standard InChI is InChI=1S/C11H17ClN2O5S2/c1-8(2)19-5-6-20(15,16)14-11-7-9(21(13,17)18)3-4-10(11)12/h3-4,7-8,14H,5-6H2,1-2H3,(H2,13,17,18). The number of ether oxygens (including phenoxy) is 1. The molecular formula is C11H17ClN2O5S2. The van der Waals surface area contributed by atoms with E-state index in [-0.39, 0.29) is 34.1 Å². The van der Waals surface area contributed by atoms with Crippen molar-refractivity contribution in [3.8, 4) is 0 Å². The van der Waals surface area contributed by atoms with Crippen molar-refractivity contribution in [1.82, 2.24) is 0 Å². The molecule has 7 nitrogen and oxygen atoms in total. The van der Waals surface area contributed by atoms with E-state index in [9.17, 15) is 16.8 Å². The topological polar surface area (TPSA) is 116 Å². The highest BCUT2D eigenvalue weighted by molar-refractivity contribution is 7.92. The van der Waals surface area contributed by atoms with Crippen LogP contribution in [0, 0.1) is 0 Å². The Balaban J connectivity index is 2.91. The van der Waals surface area contributed by atoms with Gasteiger partial charge in [0, 0.05) is 0 Å². The largest absolute Gasteiger partial charge is 0.378 e. The molecule has 1 aromatic carbocycles. The lowest BCUT2D eigenvalue weighted by Crippen LogP contribution is -2.22. The fraction of sp³-hybridized carbons (Fsp3) is 0.455. The number of rotatable bonds is 7. The Bertz CT molecular complexity index is 701. The fourth-order valence-electron chi connectivity index (χ4n) is 1.37. The summed E-state index contributed by atoms with van der Waals surface area (Å²) in [6, 6.07) is 3.51. The quantitative estimate of drug-likeness (QED) is 0.760. The summed E-state index contributed by atoms with van der Waals surface area (Å²) in [4.78, 5) is -0.233. The minimum absolute atomic E-state index is 0.0134. The van der Waals surface area contributed by atoms with Crippen LogP contribution in [0.5, 0.6) is 0 Å². The fourth-order valence-corrected chi connectivity index (χ4v) is 3.05. The Morgan fingerprint density at radius 2 is 1.90 bits per heavy atom. The zero-order chi connectivity index (χ0) is 16.3. The van der Waals surface area contributed by atoms with Crippen molar-refractivity contribution in [2.24, 2.45) is 5.14 Å². The predicted molar refractivity (Wildman–Crippen MR) is 81.3 cm³/mol. The summed E-state index contributed by atoms with van der Waals surface area (Å²) in [6.45, 7) is 3.58. The molecule has 0 aliphatic heterocycles. The molecule has 120 valence electrons. The van der Waals surface area contributed by atoms with Crippen molar-refractivity contribution in [2.45, 2.75) is 24.8 Å². The number of nitrogens with one attached hydrogen (secondary N) is 1. The number of halogens is 1. The first-order chi connectivity index (χ1) is 9.51. The van der Waals surface area contributed by atoms with Crippen LogP contribution in [-0.2, 0) is 24.8 Å². The normalized spacial score (nSPS) is 12.6. The maximum absolute atomic E-state index is 11.9. The van der Waals surface area contributed by atoms with Gasteiger partial charge in [-0.3, -0.25) is 4.72 Å². The molecule has 3 N–H and O–H groups in total. The number of benzene rings is 1. The number of hydrogen-bond donors (Lipinski definition) is 2. The lowest BCUT2D eigenvalue weighted by atomic mass is 10.3. The highest BCUT2D eigenvalue weighted by Crippen LogP contribution is 2.25. The monoisotopic (exact) mass is 356 g/mol. The van der Waals surface area contributed by atoms with Gasteiger partial charge in [0.05, 0.1) is 34.1 Å². The van der Waals surface area contributed by atoms with Crippen molar-refractivity contribution in [3.63, 3.8) is 0 Å². The van der Waals surface area contributed by atoms with Gasteiger partial charge in [0.25, 0.3) is 0 Å². The molecule has 0 aromatic heterocycles. The number of primary sulfonamides is 1. The van der Waals surface area contributed by atoms with Gasteiger partial charge in [-0.05, 0) is 32.0 Å². The molecule has 0 bridgehead atoms. The first-order valence-electron chi connectivity index (χ1n) is 5.96. The van der Waals surface area contributed by atoms with E-state index in [1.165, 1.54) is 12.1 Å². The molecule has 1 aromatic rings. The van der Waals surface area contributed by atoms with E-state index in [4.69, 9.17) is 21.5 Å². The van der Waals surface area contributed by atoms with E-state index in [1.807, 2.05) is 0 Å². The third kappa shape index (κ3) is 6.18. The minimum Gasteiger partial charge on any atom is -0.378 e. The summed E-state index contributed by atoms with van der Waals surface area (Å²) < 4.78 is 53.6. The van der Waals surface area contributed by atoms with Crippen LogP contribution >= 0.6 is 11.6 Å². The summed E-state index contributed by atoms with van der Waals surface area (Å²) in [7, 11) is -7.65. The lowest BCUT2D eigenvalue weighted by molar-refractivity contribution is 0.0913. The van der Waals surface area contributed by atoms with Crippen LogP contribution in [0.25, 0.3) is 0 Å². The average Bonchev–Trinajstić information content (AvgIpc) is 2.29. The van der Waals surface area contributed by atoms with Gasteiger partial charge in [0.1, 0.15) is 0 Å². The molecule has 0 unspecified atom stereocenters. The van der Waals surface area contributed by atoms with Gasteiger partial charge in [-0.15, -0.1) is 0 Å². The van der Waals surface area contributed by atoms with Gasteiger partial charge in [0.2, 0.25) is 20.0 Å². The van der Waals surface area contributed by atoms with Crippen LogP contribution in [0.15, 0.2) is 23.1 Å². The molecule has 0 fully saturated rings. The van der Waals surface area contributed by atoms with Crippen molar-refractivity contribution in [3.05, 3.63) is 23.2 Å². The molecule has 10 heteroatoms. The molecule has 0 atom stereocenters. The zero-order valence-corrected chi connectivity index (χ0v) is 13.9. The second kappa shape index (κ2) is 6.93. The molecule has 0 spiro atoms. The molecule has 1 rings (SSSR count). The summed E-state index contributed by atoms with van der Waals surface area (Å²) in [5.41, 5.74) is -0.0484. The summed E-state index contributed by atoms with van der Waals surface area (Å²) >= 11 is 5.84. The number of nitrogens with two attached hydrogens (primary N) is 1. The van der Waals surface area contributed by atoms with E-state index in [0.717, 1.165) is 6.07 Å². The van der Waals surface area contributed by atoms with Gasteiger partial charge < -0.3 is 4.74 Å². The highest BCUT2D eigenvalue weighted by Gasteiger charge is 2.16. The van der Waals surface area contributed by atoms with Crippen LogP contribution < -0.4 is 9.86 Å². The number of anilines is 1. The molecular weight excluding hydrogens is 340 g/mol. The average molecular weight is 357 g/mol. The second-order valence-corrected chi connectivity index (χ2v) is 8.34. The van der Waals surface area contributed by atoms with Crippen LogP contribution in [0.3, 0.4) is 0 Å². The SMILES string of the molecule is CC(C)OCCS(=O)(=O)Nc1cc(S(N)(=O)=O)ccc1Cl. The summed E-state index contributed by atoms with van der Waals surface area (Å²) in [5.74, 6) is -0.277. The summed E-state index contributed by atoms with van der Waals surface area (Å²) in [6.07, 6.45) is -0.0884. The molecule has 0 heterocycles. The minimum atomic E-state index is -3.94. The van der Waals surface area contributed by atoms with Gasteiger partial charge in [-0.2, -0.15) is 0 Å². The molecule has 0 aliphatic carbocycles. The Hall–Kier alpha value is -0.870. The summed E-state index contributed by atoms with van der Waals surface area (Å²) in [5, 5.41) is 5.05. The number of hydrogen-bond acceptors (Lipinski definition) is 5. The molecule has 21 heavy (non-hydrogen) atoms. The van der Waals surface area contributed by atoms with Crippen LogP contribution in [-0.4, -0.2) is 35.3 Å². The smallest absolute Gasteiger partial charge is 0.238 e. The van der Waals surface area contributed by atoms with Crippen LogP contribution in [0.4, 0.5) is 5.69 Å². The van der Waals surface area contributed by atoms with E-state index in [0.29, 0.717) is 0 Å². The Labute approximate surface area is 129 Å². The van der Waals surface area contributed by atoms with Crippen molar-refractivity contribution >= 4 is 37.3 Å². The van der Waals surface area contributed by atoms with Gasteiger partial charge in [-0.25, -0.2) is 22.0 Å². The van der Waals surface area contributed by atoms with Gasteiger partial charge in [0.15, 0.2) is 0 Å². The lowest BCUT2D eigenvalue weighted by Gasteiger charge is -2.12. The predicted octanol–water partition coefficient (Wildman–Crippen LogP) is 1.15. The third-order valence-electron chi connectivity index (χ3n) is 2.34. The van der Waals surface area contributed by atoms with Crippen molar-refractivity contribution < 1.29 is 21.6 Å². The Morgan fingerprint density at radius 3 is 2.43 bits per heavy atom. The molecule has 0 amide bonds.